The van der Waals surface area contributed by atoms with Crippen molar-refractivity contribution in [2.75, 3.05) is 25.6 Å². The van der Waals surface area contributed by atoms with Crippen LogP contribution in [-0.2, 0) is 14.4 Å². The number of ether oxygens (including phenoxy) is 2. The lowest BCUT2D eigenvalue weighted by Crippen LogP contribution is -2.37. The van der Waals surface area contributed by atoms with Gasteiger partial charge in [-0.1, -0.05) is 23.7 Å². The molecule has 2 aromatic carbocycles. The van der Waals surface area contributed by atoms with Gasteiger partial charge >= 0.3 is 11.8 Å². The lowest BCUT2D eigenvalue weighted by molar-refractivity contribution is -0.139. The smallest absolute Gasteiger partial charge is 0.329 e. The van der Waals surface area contributed by atoms with Gasteiger partial charge in [0.15, 0.2) is 18.1 Å². The molecule has 0 aromatic heterocycles. The van der Waals surface area contributed by atoms with E-state index in [1.165, 1.54) is 19.4 Å². The molecular weight excluding hydrogens is 563 g/mol. The highest BCUT2D eigenvalue weighted by atomic mass is 127. The number of hydrogen-bond acceptors (Lipinski definition) is 6. The summed E-state index contributed by atoms with van der Waals surface area (Å²) in [6.45, 7) is 5.18. The molecule has 2 aromatic rings. The number of carbonyl (C=O) groups is 3. The molecule has 0 spiro atoms. The summed E-state index contributed by atoms with van der Waals surface area (Å²) < 4.78 is 11.7. The molecule has 0 unspecified atom stereocenters. The van der Waals surface area contributed by atoms with Crippen LogP contribution in [0.5, 0.6) is 11.5 Å². The number of rotatable bonds is 9. The van der Waals surface area contributed by atoms with Crippen molar-refractivity contribution < 1.29 is 23.9 Å². The first-order valence-corrected chi connectivity index (χ1v) is 11.0. The molecule has 0 aliphatic heterocycles. The summed E-state index contributed by atoms with van der Waals surface area (Å²) in [4.78, 5) is 35.5. The minimum Gasteiger partial charge on any atom is -0.493 e. The van der Waals surface area contributed by atoms with E-state index in [-0.39, 0.29) is 19.1 Å². The second kappa shape index (κ2) is 12.8. The van der Waals surface area contributed by atoms with E-state index in [1.54, 1.807) is 37.3 Å². The molecule has 0 atom stereocenters. The number of nitrogens with zero attached hydrogens (tertiary/aromatic N) is 1. The topological polar surface area (TPSA) is 118 Å². The second-order valence-electron chi connectivity index (χ2n) is 6.48. The van der Waals surface area contributed by atoms with E-state index in [0.29, 0.717) is 31.3 Å². The number of anilines is 1. The number of amides is 3. The van der Waals surface area contributed by atoms with Crippen LogP contribution in [0.25, 0.3) is 0 Å². The normalized spacial score (nSPS) is 10.4. The van der Waals surface area contributed by atoms with Crippen molar-refractivity contribution in [3.63, 3.8) is 0 Å². The number of hydrazone groups is 1. The van der Waals surface area contributed by atoms with Gasteiger partial charge in [0.1, 0.15) is 0 Å². The fourth-order valence-electron chi connectivity index (χ4n) is 2.48. The molecule has 0 aliphatic rings. The Labute approximate surface area is 209 Å². The predicted molar refractivity (Wildman–Crippen MR) is 135 cm³/mol. The molecule has 0 fully saturated rings. The van der Waals surface area contributed by atoms with Crippen molar-refractivity contribution in [1.29, 1.82) is 0 Å². The molecule has 3 N–H and O–H groups in total. The fourth-order valence-corrected chi connectivity index (χ4v) is 3.44. The number of carbonyl (C=O) groups excluding carboxylic acids is 3. The molecule has 11 heteroatoms. The van der Waals surface area contributed by atoms with Gasteiger partial charge in [-0.2, -0.15) is 5.10 Å². The number of halogens is 2. The van der Waals surface area contributed by atoms with Crippen LogP contribution in [0.1, 0.15) is 11.1 Å². The first kappa shape index (κ1) is 26.1. The average molecular weight is 585 g/mol. The van der Waals surface area contributed by atoms with Gasteiger partial charge in [-0.25, -0.2) is 5.43 Å². The molecule has 2 rings (SSSR count). The maximum atomic E-state index is 12.3. The monoisotopic (exact) mass is 584 g/mol. The van der Waals surface area contributed by atoms with Crippen molar-refractivity contribution in [2.45, 2.75) is 6.92 Å². The molecule has 0 bridgehead atoms. The van der Waals surface area contributed by atoms with Crippen LogP contribution in [0.3, 0.4) is 0 Å². The van der Waals surface area contributed by atoms with Crippen LogP contribution in [0.2, 0.25) is 5.02 Å². The van der Waals surface area contributed by atoms with Crippen molar-refractivity contribution in [3.8, 4) is 11.5 Å². The van der Waals surface area contributed by atoms with Crippen LogP contribution in [0.4, 0.5) is 5.69 Å². The highest BCUT2D eigenvalue weighted by Crippen LogP contribution is 2.33. The van der Waals surface area contributed by atoms with Gasteiger partial charge in [0, 0.05) is 17.3 Å². The van der Waals surface area contributed by atoms with Gasteiger partial charge in [-0.15, -0.1) is 6.58 Å². The minimum absolute atomic E-state index is 0.170. The third kappa shape index (κ3) is 7.75. The van der Waals surface area contributed by atoms with E-state index in [4.69, 9.17) is 21.1 Å². The molecule has 0 radical (unpaired) electrons. The fraction of sp³-hybridized carbons (Fsp3) is 0.182. The Hall–Kier alpha value is -3.12. The maximum Gasteiger partial charge on any atom is 0.329 e. The maximum absolute atomic E-state index is 12.3. The summed E-state index contributed by atoms with van der Waals surface area (Å²) in [5.41, 5.74) is 4.07. The number of methoxy groups -OCH3 is 1. The molecule has 0 aliphatic carbocycles. The Morgan fingerprint density at radius 2 is 2.00 bits per heavy atom. The number of nitrogens with one attached hydrogen (secondary N) is 3. The van der Waals surface area contributed by atoms with Gasteiger partial charge in [-0.05, 0) is 64.9 Å². The highest BCUT2D eigenvalue weighted by Gasteiger charge is 2.15. The zero-order valence-electron chi connectivity index (χ0n) is 17.9. The van der Waals surface area contributed by atoms with Crippen LogP contribution >= 0.6 is 34.2 Å². The molecule has 9 nitrogen and oxygen atoms in total. The Kier molecular flexibility index (Phi) is 10.1. The van der Waals surface area contributed by atoms with Gasteiger partial charge in [0.2, 0.25) is 0 Å². The van der Waals surface area contributed by atoms with Gasteiger partial charge in [-0.3, -0.25) is 14.4 Å². The zero-order chi connectivity index (χ0) is 24.4. The molecule has 33 heavy (non-hydrogen) atoms. The van der Waals surface area contributed by atoms with E-state index in [0.717, 1.165) is 5.56 Å². The van der Waals surface area contributed by atoms with E-state index < -0.39 is 11.8 Å². The summed E-state index contributed by atoms with van der Waals surface area (Å²) in [6.07, 6.45) is 2.80. The lowest BCUT2D eigenvalue weighted by Gasteiger charge is -2.14. The molecular formula is C22H22ClIN4O5. The molecule has 0 saturated carbocycles. The van der Waals surface area contributed by atoms with Crippen molar-refractivity contribution in [2.24, 2.45) is 5.10 Å². The Morgan fingerprint density at radius 3 is 2.70 bits per heavy atom. The van der Waals surface area contributed by atoms with Crippen molar-refractivity contribution >= 4 is 63.8 Å². The summed E-state index contributed by atoms with van der Waals surface area (Å²) in [5, 5.41) is 9.42. The SMILES string of the molecule is C=CCNC(=O)C(=O)N/N=C/c1cc(I)c(OCC(=O)Nc2cccc(Cl)c2C)c(OC)c1. The average Bonchev–Trinajstić information content (AvgIpc) is 2.79. The van der Waals surface area contributed by atoms with E-state index in [9.17, 15) is 14.4 Å². The Bertz CT molecular complexity index is 1090. The third-order valence-electron chi connectivity index (χ3n) is 4.13. The Balaban J connectivity index is 2.02. The van der Waals surface area contributed by atoms with Crippen LogP contribution in [0.15, 0.2) is 48.1 Å². The quantitative estimate of drug-likeness (QED) is 0.138. The molecule has 0 heterocycles. The van der Waals surface area contributed by atoms with Crippen LogP contribution in [-0.4, -0.2) is 44.2 Å². The number of benzene rings is 2. The summed E-state index contributed by atoms with van der Waals surface area (Å²) >= 11 is 8.11. The number of hydrogen-bond donors (Lipinski definition) is 3. The molecule has 174 valence electrons. The highest BCUT2D eigenvalue weighted by molar-refractivity contribution is 14.1. The molecule has 3 amide bonds. The minimum atomic E-state index is -0.907. The van der Waals surface area contributed by atoms with Crippen molar-refractivity contribution in [3.05, 3.63) is 62.7 Å². The van der Waals surface area contributed by atoms with Gasteiger partial charge < -0.3 is 20.1 Å². The van der Waals surface area contributed by atoms with Crippen LogP contribution in [0, 0.1) is 10.5 Å². The van der Waals surface area contributed by atoms with Crippen LogP contribution < -0.4 is 25.5 Å². The third-order valence-corrected chi connectivity index (χ3v) is 5.34. The predicted octanol–water partition coefficient (Wildman–Crippen LogP) is 3.03. The van der Waals surface area contributed by atoms with Gasteiger partial charge in [0.05, 0.1) is 16.9 Å². The molecule has 0 saturated heterocycles. The van der Waals surface area contributed by atoms with Crippen molar-refractivity contribution in [1.82, 2.24) is 10.7 Å². The van der Waals surface area contributed by atoms with Gasteiger partial charge in [0.25, 0.3) is 5.91 Å². The van der Waals surface area contributed by atoms with E-state index in [1.807, 2.05) is 22.6 Å². The largest absolute Gasteiger partial charge is 0.493 e. The summed E-state index contributed by atoms with van der Waals surface area (Å²) in [7, 11) is 1.46. The summed E-state index contributed by atoms with van der Waals surface area (Å²) in [6, 6.07) is 8.56. The standard InChI is InChI=1S/C22H22ClIN4O5/c1-4-8-25-21(30)22(31)28-26-11-14-9-16(24)20(18(10-14)32-3)33-12-19(29)27-17-7-5-6-15(23)13(17)2/h4-7,9-11H,1,8,12H2,2-3H3,(H,25,30)(H,27,29)(H,28,31)/b26-11+. The zero-order valence-corrected chi connectivity index (χ0v) is 20.8. The second-order valence-corrected chi connectivity index (χ2v) is 8.05. The first-order valence-electron chi connectivity index (χ1n) is 9.54. The lowest BCUT2D eigenvalue weighted by atomic mass is 10.2. The first-order chi connectivity index (χ1) is 15.8. The Morgan fingerprint density at radius 1 is 1.24 bits per heavy atom. The summed E-state index contributed by atoms with van der Waals surface area (Å²) in [5.74, 6) is -1.35. The van der Waals surface area contributed by atoms with E-state index >= 15 is 0 Å². The van der Waals surface area contributed by atoms with E-state index in [2.05, 4.69) is 27.7 Å².